The molecule has 0 aliphatic heterocycles. The summed E-state index contributed by atoms with van der Waals surface area (Å²) < 4.78 is 23.9. The minimum Gasteiger partial charge on any atom is -0.231 e. The highest BCUT2D eigenvalue weighted by Crippen LogP contribution is 2.17. The number of aryl methyl sites for hydroxylation is 1. The minimum absolute atomic E-state index is 0.0761. The van der Waals surface area contributed by atoms with Crippen LogP contribution in [0.4, 0.5) is 8.78 Å². The molecule has 1 aromatic rings. The fraction of sp³-hybridized carbons (Fsp3) is 0.333. The third-order valence-corrected chi connectivity index (χ3v) is 1.16. The largest absolute Gasteiger partial charge is 0.281 e. The number of hydrogen-bond donors (Lipinski definition) is 0. The lowest BCUT2D eigenvalue weighted by Gasteiger charge is -1.98. The van der Waals surface area contributed by atoms with Gasteiger partial charge in [-0.25, -0.2) is 18.7 Å². The van der Waals surface area contributed by atoms with Crippen LogP contribution >= 0.6 is 11.6 Å². The van der Waals surface area contributed by atoms with E-state index in [0.717, 1.165) is 0 Å². The molecule has 0 amide bonds. The van der Waals surface area contributed by atoms with Gasteiger partial charge in [0, 0.05) is 0 Å². The molecule has 0 N–H and O–H groups in total. The molecular weight excluding hydrogens is 174 g/mol. The predicted octanol–water partition coefficient (Wildman–Crippen LogP) is 2.18. The molecule has 0 unspecified atom stereocenters. The van der Waals surface area contributed by atoms with Crippen LogP contribution in [-0.4, -0.2) is 9.97 Å². The predicted molar refractivity (Wildman–Crippen MR) is 35.6 cm³/mol. The van der Waals surface area contributed by atoms with Crippen molar-refractivity contribution in [2.24, 2.45) is 0 Å². The Balaban J connectivity index is 3.08. The summed E-state index contributed by atoms with van der Waals surface area (Å²) in [7, 11) is 0. The van der Waals surface area contributed by atoms with Crippen LogP contribution in [0.25, 0.3) is 0 Å². The van der Waals surface area contributed by atoms with Gasteiger partial charge in [0.2, 0.25) is 0 Å². The zero-order chi connectivity index (χ0) is 8.43. The molecule has 0 aromatic carbocycles. The molecule has 0 bridgehead atoms. The molecule has 1 radical (unpaired) electrons. The van der Waals surface area contributed by atoms with E-state index in [9.17, 15) is 8.78 Å². The number of aromatic nitrogens is 2. The van der Waals surface area contributed by atoms with Gasteiger partial charge in [0.1, 0.15) is 16.7 Å². The maximum absolute atomic E-state index is 11.9. The molecule has 1 rings (SSSR count). The fourth-order valence-electron chi connectivity index (χ4n) is 0.606. The Labute approximate surface area is 67.2 Å². The van der Waals surface area contributed by atoms with Gasteiger partial charge in [0.25, 0.3) is 6.43 Å². The molecule has 0 aliphatic rings. The SMILES string of the molecule is Cc1nc(Cl)[c]c(C(F)F)n1. The lowest BCUT2D eigenvalue weighted by molar-refractivity contribution is 0.145. The van der Waals surface area contributed by atoms with Crippen LogP contribution < -0.4 is 0 Å². The van der Waals surface area contributed by atoms with Crippen LogP contribution in [0.5, 0.6) is 0 Å². The third kappa shape index (κ3) is 2.08. The molecule has 0 atom stereocenters. The Morgan fingerprint density at radius 1 is 1.45 bits per heavy atom. The standard InChI is InChI=1S/C6H4ClF2N2/c1-3-10-4(6(8)9)2-5(7)11-3/h6H,1H3. The number of halogens is 3. The normalized spacial score (nSPS) is 10.6. The fourth-order valence-corrected chi connectivity index (χ4v) is 0.825. The van der Waals surface area contributed by atoms with Crippen LogP contribution in [0.3, 0.4) is 0 Å². The van der Waals surface area contributed by atoms with Gasteiger partial charge >= 0.3 is 0 Å². The molecule has 0 fully saturated rings. The zero-order valence-electron chi connectivity index (χ0n) is 5.61. The van der Waals surface area contributed by atoms with Gasteiger partial charge in [-0.1, -0.05) is 11.6 Å². The molecule has 59 valence electrons. The topological polar surface area (TPSA) is 25.8 Å². The lowest BCUT2D eigenvalue weighted by atomic mass is 10.4. The van der Waals surface area contributed by atoms with Crippen LogP contribution in [0.15, 0.2) is 0 Å². The second-order valence-electron chi connectivity index (χ2n) is 1.87. The van der Waals surface area contributed by atoms with Crippen LogP contribution in [0, 0.1) is 13.0 Å². The summed E-state index contributed by atoms with van der Waals surface area (Å²) in [4.78, 5) is 7.01. The Hall–Kier alpha value is -0.770. The number of nitrogens with zero attached hydrogens (tertiary/aromatic N) is 2. The molecule has 0 saturated carbocycles. The number of rotatable bonds is 1. The van der Waals surface area contributed by atoms with Gasteiger partial charge in [0.05, 0.1) is 6.07 Å². The molecule has 1 aromatic heterocycles. The monoisotopic (exact) mass is 177 g/mol. The first-order valence-corrected chi connectivity index (χ1v) is 3.19. The maximum Gasteiger partial charge on any atom is 0.281 e. The first-order valence-electron chi connectivity index (χ1n) is 2.81. The highest BCUT2D eigenvalue weighted by Gasteiger charge is 2.10. The quantitative estimate of drug-likeness (QED) is 0.615. The lowest BCUT2D eigenvalue weighted by Crippen LogP contribution is -1.95. The van der Waals surface area contributed by atoms with E-state index < -0.39 is 12.1 Å². The van der Waals surface area contributed by atoms with Crippen LogP contribution in [0.1, 0.15) is 17.9 Å². The van der Waals surface area contributed by atoms with Crippen LogP contribution in [-0.2, 0) is 0 Å². The summed E-state index contributed by atoms with van der Waals surface area (Å²) in [6, 6.07) is 2.14. The van der Waals surface area contributed by atoms with E-state index in [4.69, 9.17) is 11.6 Å². The van der Waals surface area contributed by atoms with E-state index in [-0.39, 0.29) is 11.0 Å². The van der Waals surface area contributed by atoms with E-state index in [1.807, 2.05) is 0 Å². The van der Waals surface area contributed by atoms with E-state index in [2.05, 4.69) is 16.0 Å². The highest BCUT2D eigenvalue weighted by atomic mass is 35.5. The molecule has 0 aliphatic carbocycles. The second kappa shape index (κ2) is 3.09. The summed E-state index contributed by atoms with van der Waals surface area (Å²) in [5.41, 5.74) is -0.456. The van der Waals surface area contributed by atoms with Crippen LogP contribution in [0.2, 0.25) is 5.15 Å². The number of hydrogen-bond acceptors (Lipinski definition) is 2. The molecule has 11 heavy (non-hydrogen) atoms. The van der Waals surface area contributed by atoms with Gasteiger partial charge in [-0.3, -0.25) is 0 Å². The van der Waals surface area contributed by atoms with E-state index in [1.165, 1.54) is 6.92 Å². The Bertz CT molecular complexity index is 245. The summed E-state index contributed by atoms with van der Waals surface area (Å²) >= 11 is 5.35. The first kappa shape index (κ1) is 8.33. The van der Waals surface area contributed by atoms with E-state index in [1.54, 1.807) is 0 Å². The molecule has 5 heteroatoms. The Morgan fingerprint density at radius 2 is 2.09 bits per heavy atom. The number of alkyl halides is 2. The average Bonchev–Trinajstić information content (AvgIpc) is 1.85. The van der Waals surface area contributed by atoms with Gasteiger partial charge in [-0.2, -0.15) is 0 Å². The summed E-state index contributed by atoms with van der Waals surface area (Å²) in [5, 5.41) is -0.0761. The van der Waals surface area contributed by atoms with Crippen molar-refractivity contribution < 1.29 is 8.78 Å². The van der Waals surface area contributed by atoms with Crippen molar-refractivity contribution in [2.75, 3.05) is 0 Å². The highest BCUT2D eigenvalue weighted by molar-refractivity contribution is 6.29. The smallest absolute Gasteiger partial charge is 0.231 e. The van der Waals surface area contributed by atoms with E-state index in [0.29, 0.717) is 0 Å². The minimum atomic E-state index is -2.64. The van der Waals surface area contributed by atoms with E-state index >= 15 is 0 Å². The third-order valence-electron chi connectivity index (χ3n) is 0.980. The molecule has 0 spiro atoms. The first-order chi connectivity index (χ1) is 5.09. The summed E-state index contributed by atoms with van der Waals surface area (Å²) in [6.45, 7) is 1.49. The van der Waals surface area contributed by atoms with Gasteiger partial charge in [0.15, 0.2) is 0 Å². The van der Waals surface area contributed by atoms with Gasteiger partial charge < -0.3 is 0 Å². The molecule has 2 nitrogen and oxygen atoms in total. The van der Waals surface area contributed by atoms with Crippen molar-refractivity contribution in [1.82, 2.24) is 9.97 Å². The van der Waals surface area contributed by atoms with Crippen molar-refractivity contribution in [2.45, 2.75) is 13.3 Å². The van der Waals surface area contributed by atoms with Crippen molar-refractivity contribution in [3.8, 4) is 0 Å². The van der Waals surface area contributed by atoms with Crippen molar-refractivity contribution in [3.05, 3.63) is 22.7 Å². The second-order valence-corrected chi connectivity index (χ2v) is 2.23. The average molecular weight is 178 g/mol. The van der Waals surface area contributed by atoms with Crippen molar-refractivity contribution in [1.29, 1.82) is 0 Å². The maximum atomic E-state index is 11.9. The summed E-state index contributed by atoms with van der Waals surface area (Å²) in [5.74, 6) is 0.226. The zero-order valence-corrected chi connectivity index (χ0v) is 6.36. The molecular formula is C6H4ClF2N2. The molecule has 1 heterocycles. The van der Waals surface area contributed by atoms with Gasteiger partial charge in [-0.15, -0.1) is 0 Å². The summed E-state index contributed by atoms with van der Waals surface area (Å²) in [6.07, 6.45) is -2.64. The Morgan fingerprint density at radius 3 is 2.55 bits per heavy atom. The van der Waals surface area contributed by atoms with Gasteiger partial charge in [-0.05, 0) is 6.92 Å². The Kier molecular flexibility index (Phi) is 2.34. The molecule has 0 saturated heterocycles. The van der Waals surface area contributed by atoms with Crippen molar-refractivity contribution >= 4 is 11.6 Å². The van der Waals surface area contributed by atoms with Crippen molar-refractivity contribution in [3.63, 3.8) is 0 Å².